The molecule has 0 aliphatic carbocycles. The van der Waals surface area contributed by atoms with Gasteiger partial charge in [-0.25, -0.2) is 12.8 Å². The van der Waals surface area contributed by atoms with Gasteiger partial charge in [0.15, 0.2) is 5.78 Å². The minimum Gasteiger partial charge on any atom is -0.336 e. The van der Waals surface area contributed by atoms with Crippen LogP contribution in [0.25, 0.3) is 0 Å². The van der Waals surface area contributed by atoms with Crippen LogP contribution in [0.2, 0.25) is 0 Å². The first-order valence-electron chi connectivity index (χ1n) is 8.87. The average molecular weight is 404 g/mol. The van der Waals surface area contributed by atoms with Gasteiger partial charge in [0.1, 0.15) is 5.82 Å². The molecular weight excluding hydrogens is 383 g/mol. The van der Waals surface area contributed by atoms with Crippen LogP contribution in [-0.4, -0.2) is 55.5 Å². The van der Waals surface area contributed by atoms with Gasteiger partial charge >= 0.3 is 0 Å². The van der Waals surface area contributed by atoms with Crippen molar-refractivity contribution in [1.29, 1.82) is 0 Å². The Hall–Kier alpha value is -2.58. The van der Waals surface area contributed by atoms with E-state index in [1.165, 1.54) is 40.4 Å². The number of sulfonamides is 1. The van der Waals surface area contributed by atoms with E-state index >= 15 is 0 Å². The van der Waals surface area contributed by atoms with Crippen molar-refractivity contribution in [1.82, 2.24) is 9.21 Å². The molecule has 148 valence electrons. The molecule has 0 unspecified atom stereocenters. The van der Waals surface area contributed by atoms with Gasteiger partial charge in [0, 0.05) is 37.3 Å². The lowest BCUT2D eigenvalue weighted by Crippen LogP contribution is -2.50. The first-order chi connectivity index (χ1) is 13.2. The maximum atomic E-state index is 13.7. The van der Waals surface area contributed by atoms with Crippen LogP contribution >= 0.6 is 0 Å². The molecule has 0 atom stereocenters. The Morgan fingerprint density at radius 2 is 1.64 bits per heavy atom. The summed E-state index contributed by atoms with van der Waals surface area (Å²) in [5.74, 6) is -0.982. The number of rotatable bonds is 4. The van der Waals surface area contributed by atoms with Crippen LogP contribution in [0, 0.1) is 12.7 Å². The molecule has 1 aliphatic rings. The van der Waals surface area contributed by atoms with E-state index in [-0.39, 0.29) is 48.3 Å². The summed E-state index contributed by atoms with van der Waals surface area (Å²) in [6, 6.07) is 10.2. The summed E-state index contributed by atoms with van der Waals surface area (Å²) in [7, 11) is -3.76. The first kappa shape index (κ1) is 20.2. The average Bonchev–Trinajstić information content (AvgIpc) is 2.69. The Morgan fingerprint density at radius 3 is 2.25 bits per heavy atom. The van der Waals surface area contributed by atoms with Crippen LogP contribution in [0.3, 0.4) is 0 Å². The Kier molecular flexibility index (Phi) is 5.62. The highest BCUT2D eigenvalue weighted by Gasteiger charge is 2.30. The molecule has 0 radical (unpaired) electrons. The molecule has 2 aromatic rings. The number of carbonyl (C=O) groups excluding carboxylic acids is 2. The molecule has 8 heteroatoms. The fraction of sp³-hybridized carbons (Fsp3) is 0.300. The van der Waals surface area contributed by atoms with Crippen molar-refractivity contribution in [3.63, 3.8) is 0 Å². The van der Waals surface area contributed by atoms with Crippen molar-refractivity contribution in [2.24, 2.45) is 0 Å². The van der Waals surface area contributed by atoms with E-state index in [0.29, 0.717) is 11.1 Å². The van der Waals surface area contributed by atoms with Gasteiger partial charge in [-0.3, -0.25) is 9.59 Å². The molecule has 0 N–H and O–H groups in total. The fourth-order valence-corrected chi connectivity index (χ4v) is 4.53. The van der Waals surface area contributed by atoms with Gasteiger partial charge < -0.3 is 4.90 Å². The van der Waals surface area contributed by atoms with Gasteiger partial charge in [-0.2, -0.15) is 4.31 Å². The van der Waals surface area contributed by atoms with Gasteiger partial charge in [-0.1, -0.05) is 18.2 Å². The second-order valence-electron chi connectivity index (χ2n) is 6.74. The number of halogens is 1. The molecule has 1 fully saturated rings. The van der Waals surface area contributed by atoms with Gasteiger partial charge in [0.2, 0.25) is 10.0 Å². The lowest BCUT2D eigenvalue weighted by molar-refractivity contribution is 0.0697. The molecule has 1 saturated heterocycles. The van der Waals surface area contributed by atoms with Crippen LogP contribution in [0.15, 0.2) is 47.4 Å². The molecule has 1 amide bonds. The van der Waals surface area contributed by atoms with E-state index in [1.54, 1.807) is 25.1 Å². The van der Waals surface area contributed by atoms with E-state index < -0.39 is 15.8 Å². The zero-order valence-electron chi connectivity index (χ0n) is 15.7. The lowest BCUT2D eigenvalue weighted by Gasteiger charge is -2.34. The molecule has 0 spiro atoms. The minimum absolute atomic E-state index is 0.0561. The van der Waals surface area contributed by atoms with Crippen molar-refractivity contribution >= 4 is 21.7 Å². The van der Waals surface area contributed by atoms with E-state index in [1.807, 2.05) is 0 Å². The Bertz CT molecular complexity index is 1030. The van der Waals surface area contributed by atoms with Gasteiger partial charge in [0.05, 0.1) is 4.90 Å². The summed E-state index contributed by atoms with van der Waals surface area (Å²) in [6.07, 6.45) is 0. The molecule has 1 heterocycles. The topological polar surface area (TPSA) is 74.8 Å². The Labute approximate surface area is 163 Å². The monoisotopic (exact) mass is 404 g/mol. The second-order valence-corrected chi connectivity index (χ2v) is 8.68. The molecule has 0 bridgehead atoms. The summed E-state index contributed by atoms with van der Waals surface area (Å²) in [5, 5.41) is 0. The van der Waals surface area contributed by atoms with Crippen LogP contribution in [0.5, 0.6) is 0 Å². The highest BCUT2D eigenvalue weighted by molar-refractivity contribution is 7.89. The third-order valence-electron chi connectivity index (χ3n) is 4.82. The number of piperazine rings is 1. The number of benzene rings is 2. The standard InChI is InChI=1S/C20H21FN2O4S/c1-14-6-7-17(13-19(14)21)20(25)22-8-10-23(11-9-22)28(26,27)18-5-3-4-16(12-18)15(2)24/h3-7,12-13H,8-11H2,1-2H3. The zero-order valence-corrected chi connectivity index (χ0v) is 16.5. The highest BCUT2D eigenvalue weighted by atomic mass is 32.2. The second kappa shape index (κ2) is 7.81. The molecule has 0 saturated carbocycles. The SMILES string of the molecule is CC(=O)c1cccc(S(=O)(=O)N2CCN(C(=O)c3ccc(C)c(F)c3)CC2)c1. The number of hydrogen-bond donors (Lipinski definition) is 0. The van der Waals surface area contributed by atoms with Crippen LogP contribution in [0.4, 0.5) is 4.39 Å². The predicted molar refractivity (Wildman–Crippen MR) is 102 cm³/mol. The molecule has 2 aromatic carbocycles. The van der Waals surface area contributed by atoms with Gasteiger partial charge in [-0.15, -0.1) is 0 Å². The predicted octanol–water partition coefficient (Wildman–Crippen LogP) is 2.48. The molecule has 28 heavy (non-hydrogen) atoms. The van der Waals surface area contributed by atoms with Gasteiger partial charge in [0.25, 0.3) is 5.91 Å². The number of aryl methyl sites for hydroxylation is 1. The first-order valence-corrected chi connectivity index (χ1v) is 10.3. The summed E-state index contributed by atoms with van der Waals surface area (Å²) in [5.41, 5.74) is 1.03. The summed E-state index contributed by atoms with van der Waals surface area (Å²) in [6.45, 7) is 3.68. The van der Waals surface area contributed by atoms with Crippen molar-refractivity contribution in [2.45, 2.75) is 18.7 Å². The smallest absolute Gasteiger partial charge is 0.254 e. The number of hydrogen-bond acceptors (Lipinski definition) is 4. The summed E-state index contributed by atoms with van der Waals surface area (Å²) >= 11 is 0. The molecular formula is C20H21FN2O4S. The summed E-state index contributed by atoms with van der Waals surface area (Å²) < 4.78 is 40.7. The number of nitrogens with zero attached hydrogens (tertiary/aromatic N) is 2. The quantitative estimate of drug-likeness (QED) is 0.734. The maximum Gasteiger partial charge on any atom is 0.254 e. The van der Waals surface area contributed by atoms with Crippen molar-refractivity contribution < 1.29 is 22.4 Å². The van der Waals surface area contributed by atoms with Crippen LogP contribution < -0.4 is 0 Å². The van der Waals surface area contributed by atoms with Crippen molar-refractivity contribution in [2.75, 3.05) is 26.2 Å². The van der Waals surface area contributed by atoms with E-state index in [2.05, 4.69) is 0 Å². The number of ketones is 1. The van der Waals surface area contributed by atoms with E-state index in [4.69, 9.17) is 0 Å². The Balaban J connectivity index is 1.72. The largest absolute Gasteiger partial charge is 0.336 e. The van der Waals surface area contributed by atoms with E-state index in [0.717, 1.165) is 0 Å². The summed E-state index contributed by atoms with van der Waals surface area (Å²) in [4.78, 5) is 25.7. The minimum atomic E-state index is -3.76. The fourth-order valence-electron chi connectivity index (χ4n) is 3.06. The number of Topliss-reactive ketones (excluding diaryl/α,β-unsaturated/α-hetero) is 1. The van der Waals surface area contributed by atoms with Gasteiger partial charge in [-0.05, 0) is 43.7 Å². The molecule has 3 rings (SSSR count). The van der Waals surface area contributed by atoms with Crippen molar-refractivity contribution in [3.05, 3.63) is 65.0 Å². The van der Waals surface area contributed by atoms with Crippen LogP contribution in [-0.2, 0) is 10.0 Å². The maximum absolute atomic E-state index is 13.7. The molecule has 0 aromatic heterocycles. The molecule has 6 nitrogen and oxygen atoms in total. The third kappa shape index (κ3) is 3.98. The van der Waals surface area contributed by atoms with Crippen LogP contribution in [0.1, 0.15) is 33.2 Å². The lowest BCUT2D eigenvalue weighted by atomic mass is 10.1. The van der Waals surface area contributed by atoms with E-state index in [9.17, 15) is 22.4 Å². The number of amides is 1. The number of carbonyl (C=O) groups is 2. The zero-order chi connectivity index (χ0) is 20.5. The molecule has 1 aliphatic heterocycles. The normalized spacial score (nSPS) is 15.5. The van der Waals surface area contributed by atoms with Crippen molar-refractivity contribution in [3.8, 4) is 0 Å². The highest BCUT2D eigenvalue weighted by Crippen LogP contribution is 2.20. The Morgan fingerprint density at radius 1 is 0.964 bits per heavy atom. The third-order valence-corrected chi connectivity index (χ3v) is 6.72.